The van der Waals surface area contributed by atoms with Crippen molar-refractivity contribution >= 4 is 11.8 Å². The Morgan fingerprint density at radius 1 is 1.33 bits per heavy atom. The molecule has 0 amide bonds. The van der Waals surface area contributed by atoms with Crippen LogP contribution in [0.5, 0.6) is 0 Å². The van der Waals surface area contributed by atoms with Crippen molar-refractivity contribution in [3.8, 4) is 0 Å². The van der Waals surface area contributed by atoms with Crippen molar-refractivity contribution in [2.45, 2.75) is 26.2 Å². The van der Waals surface area contributed by atoms with Crippen LogP contribution in [0.25, 0.3) is 0 Å². The average molecular weight is 148 g/mol. The van der Waals surface area contributed by atoms with Gasteiger partial charge in [-0.1, -0.05) is 6.92 Å². The first-order valence-electron chi connectivity index (χ1n) is 3.70. The Balaban J connectivity index is 2.25. The number of hydrogen-bond acceptors (Lipinski definition) is 1. The second-order valence-corrected chi connectivity index (χ2v) is 3.42. The fraction of sp³-hybridized carbons (Fsp3) is 1.00. The van der Waals surface area contributed by atoms with Gasteiger partial charge in [-0.3, -0.25) is 0 Å². The zero-order valence-corrected chi connectivity index (χ0v) is 6.69. The molecule has 1 rings (SSSR count). The molecule has 0 spiro atoms. The van der Waals surface area contributed by atoms with Gasteiger partial charge in [-0.05, 0) is 37.0 Å². The van der Waals surface area contributed by atoms with Crippen molar-refractivity contribution in [3.63, 3.8) is 0 Å². The molecule has 0 bridgehead atoms. The summed E-state index contributed by atoms with van der Waals surface area (Å²) in [5.74, 6) is 0.883. The monoisotopic (exact) mass is 147 g/mol. The molecular weight excluding hydrogens is 134 g/mol. The highest BCUT2D eigenvalue weighted by atomic mass is 35.5. The summed E-state index contributed by atoms with van der Waals surface area (Å²) in [6, 6.07) is 0. The predicted octanol–water partition coefficient (Wildman–Crippen LogP) is 2.26. The topological polar surface area (TPSA) is 3.24 Å². The van der Waals surface area contributed by atoms with Crippen LogP contribution in [0.2, 0.25) is 0 Å². The molecule has 0 aromatic carbocycles. The smallest absolute Gasteiger partial charge is 0.0141 e. The van der Waals surface area contributed by atoms with E-state index in [2.05, 4.69) is 6.92 Å². The highest BCUT2D eigenvalue weighted by molar-refractivity contribution is 6.13. The Kier molecular flexibility index (Phi) is 2.80. The Bertz CT molecular complexity index is 75.0. The van der Waals surface area contributed by atoms with Gasteiger partial charge in [-0.15, -0.1) is 0 Å². The molecule has 1 heterocycles. The van der Waals surface area contributed by atoms with Crippen LogP contribution >= 0.6 is 11.8 Å². The van der Waals surface area contributed by atoms with Gasteiger partial charge < -0.3 is 0 Å². The molecule has 1 fully saturated rings. The quantitative estimate of drug-likeness (QED) is 0.475. The summed E-state index contributed by atoms with van der Waals surface area (Å²) >= 11 is 5.82. The molecule has 0 aromatic heterocycles. The zero-order valence-electron chi connectivity index (χ0n) is 5.94. The third-order valence-corrected chi connectivity index (χ3v) is 2.30. The Hall–Kier alpha value is 0.250. The van der Waals surface area contributed by atoms with E-state index in [0.717, 1.165) is 19.0 Å². The molecular formula is C7H14ClN. The molecule has 0 saturated carbocycles. The summed E-state index contributed by atoms with van der Waals surface area (Å²) in [7, 11) is 0. The number of nitrogens with zero attached hydrogens (tertiary/aromatic N) is 1. The SMILES string of the molecule is CC1CCCN(Cl)CC1. The lowest BCUT2D eigenvalue weighted by atomic mass is 10.0. The van der Waals surface area contributed by atoms with Crippen LogP contribution < -0.4 is 0 Å². The van der Waals surface area contributed by atoms with Gasteiger partial charge in [0.2, 0.25) is 0 Å². The summed E-state index contributed by atoms with van der Waals surface area (Å²) in [6.07, 6.45) is 3.89. The molecule has 1 atom stereocenters. The maximum absolute atomic E-state index is 5.82. The highest BCUT2D eigenvalue weighted by Crippen LogP contribution is 2.16. The van der Waals surface area contributed by atoms with Crippen molar-refractivity contribution in [2.24, 2.45) is 5.92 Å². The molecule has 0 N–H and O–H groups in total. The summed E-state index contributed by atoms with van der Waals surface area (Å²) < 4.78 is 1.91. The number of halogens is 1. The van der Waals surface area contributed by atoms with Crippen LogP contribution in [-0.4, -0.2) is 17.5 Å². The van der Waals surface area contributed by atoms with E-state index >= 15 is 0 Å². The van der Waals surface area contributed by atoms with Gasteiger partial charge in [0.25, 0.3) is 0 Å². The van der Waals surface area contributed by atoms with E-state index in [9.17, 15) is 0 Å². The van der Waals surface area contributed by atoms with E-state index < -0.39 is 0 Å². The molecule has 1 aliphatic heterocycles. The van der Waals surface area contributed by atoms with Gasteiger partial charge in [0.15, 0.2) is 0 Å². The van der Waals surface area contributed by atoms with Gasteiger partial charge >= 0.3 is 0 Å². The summed E-state index contributed by atoms with van der Waals surface area (Å²) in [5, 5.41) is 0. The van der Waals surface area contributed by atoms with E-state index in [1.54, 1.807) is 0 Å². The third kappa shape index (κ3) is 2.55. The molecule has 0 aliphatic carbocycles. The van der Waals surface area contributed by atoms with Crippen molar-refractivity contribution in [2.75, 3.05) is 13.1 Å². The van der Waals surface area contributed by atoms with Crippen LogP contribution in [0.1, 0.15) is 26.2 Å². The largest absolute Gasteiger partial charge is 0.220 e. The second kappa shape index (κ2) is 3.43. The maximum atomic E-state index is 5.82. The van der Waals surface area contributed by atoms with E-state index in [-0.39, 0.29) is 0 Å². The second-order valence-electron chi connectivity index (χ2n) is 2.95. The van der Waals surface area contributed by atoms with Crippen molar-refractivity contribution in [1.29, 1.82) is 0 Å². The van der Waals surface area contributed by atoms with E-state index in [1.807, 2.05) is 4.42 Å². The molecule has 1 aliphatic rings. The molecule has 1 unspecified atom stereocenters. The van der Waals surface area contributed by atoms with Crippen LogP contribution in [-0.2, 0) is 0 Å². The van der Waals surface area contributed by atoms with Crippen LogP contribution in [0, 0.1) is 5.92 Å². The predicted molar refractivity (Wildman–Crippen MR) is 40.4 cm³/mol. The van der Waals surface area contributed by atoms with Crippen molar-refractivity contribution in [1.82, 2.24) is 4.42 Å². The maximum Gasteiger partial charge on any atom is 0.0141 e. The van der Waals surface area contributed by atoms with Gasteiger partial charge in [0, 0.05) is 13.1 Å². The van der Waals surface area contributed by atoms with E-state index in [1.165, 1.54) is 19.3 Å². The molecule has 0 aromatic rings. The first-order valence-corrected chi connectivity index (χ1v) is 4.03. The lowest BCUT2D eigenvalue weighted by molar-refractivity contribution is 0.458. The summed E-state index contributed by atoms with van der Waals surface area (Å²) in [5.41, 5.74) is 0. The minimum Gasteiger partial charge on any atom is -0.220 e. The normalized spacial score (nSPS) is 32.0. The Morgan fingerprint density at radius 2 is 2.11 bits per heavy atom. The van der Waals surface area contributed by atoms with Gasteiger partial charge in [0.05, 0.1) is 0 Å². The first kappa shape index (κ1) is 7.36. The van der Waals surface area contributed by atoms with Gasteiger partial charge in [-0.25, -0.2) is 4.42 Å². The van der Waals surface area contributed by atoms with Gasteiger partial charge in [0.1, 0.15) is 0 Å². The van der Waals surface area contributed by atoms with Crippen LogP contribution in [0.3, 0.4) is 0 Å². The van der Waals surface area contributed by atoms with Crippen molar-refractivity contribution < 1.29 is 0 Å². The van der Waals surface area contributed by atoms with Gasteiger partial charge in [-0.2, -0.15) is 0 Å². The molecule has 9 heavy (non-hydrogen) atoms. The molecule has 1 nitrogen and oxygen atoms in total. The molecule has 0 radical (unpaired) electrons. The lowest BCUT2D eigenvalue weighted by Gasteiger charge is -2.07. The fourth-order valence-electron chi connectivity index (χ4n) is 1.23. The average Bonchev–Trinajstić information content (AvgIpc) is 1.97. The third-order valence-electron chi connectivity index (χ3n) is 1.96. The molecule has 2 heteroatoms. The summed E-state index contributed by atoms with van der Waals surface area (Å²) in [4.78, 5) is 0. The van der Waals surface area contributed by atoms with E-state index in [4.69, 9.17) is 11.8 Å². The zero-order chi connectivity index (χ0) is 6.69. The minimum absolute atomic E-state index is 0.883. The van der Waals surface area contributed by atoms with E-state index in [0.29, 0.717) is 0 Å². The number of hydrogen-bond donors (Lipinski definition) is 0. The number of rotatable bonds is 0. The Labute approximate surface area is 62.1 Å². The molecule has 1 saturated heterocycles. The fourth-order valence-corrected chi connectivity index (χ4v) is 1.45. The Morgan fingerprint density at radius 3 is 2.89 bits per heavy atom. The van der Waals surface area contributed by atoms with Crippen molar-refractivity contribution in [3.05, 3.63) is 0 Å². The first-order chi connectivity index (χ1) is 4.29. The minimum atomic E-state index is 0.883. The highest BCUT2D eigenvalue weighted by Gasteiger charge is 2.10. The summed E-state index contributed by atoms with van der Waals surface area (Å²) in [6.45, 7) is 4.45. The van der Waals surface area contributed by atoms with Crippen LogP contribution in [0.4, 0.5) is 0 Å². The molecule has 54 valence electrons. The van der Waals surface area contributed by atoms with Crippen LogP contribution in [0.15, 0.2) is 0 Å². The standard InChI is InChI=1S/C7H14ClN/c1-7-3-2-5-9(8)6-4-7/h7H,2-6H2,1H3. The lowest BCUT2D eigenvalue weighted by Crippen LogP contribution is -2.12.